The van der Waals surface area contributed by atoms with Gasteiger partial charge in [0, 0.05) is 24.8 Å². The van der Waals surface area contributed by atoms with Crippen LogP contribution < -0.4 is 10.1 Å². The van der Waals surface area contributed by atoms with Crippen LogP contribution in [-0.4, -0.2) is 45.1 Å². The second-order valence-electron chi connectivity index (χ2n) is 5.97. The Labute approximate surface area is 173 Å². The number of carbonyl (C=O) groups is 2. The van der Waals surface area contributed by atoms with Gasteiger partial charge in [0.05, 0.1) is 15.5 Å². The van der Waals surface area contributed by atoms with E-state index in [0.29, 0.717) is 0 Å². The zero-order valence-electron chi connectivity index (χ0n) is 15.3. The number of amides is 1. The van der Waals surface area contributed by atoms with Gasteiger partial charge in [-0.3, -0.25) is 9.59 Å². The lowest BCUT2D eigenvalue weighted by molar-refractivity contribution is -0.118. The first-order chi connectivity index (χ1) is 13.0. The number of hydrogen-bond acceptors (Lipinski definition) is 5. The molecule has 0 bridgehead atoms. The Morgan fingerprint density at radius 1 is 1.14 bits per heavy atom. The molecule has 2 aromatic carbocycles. The van der Waals surface area contributed by atoms with Crippen LogP contribution in [0.2, 0.25) is 10.0 Å². The van der Waals surface area contributed by atoms with Gasteiger partial charge in [0.15, 0.2) is 12.4 Å². The Hall–Kier alpha value is -2.13. The minimum absolute atomic E-state index is 0.0378. The van der Waals surface area contributed by atoms with Gasteiger partial charge in [-0.25, -0.2) is 12.7 Å². The number of halogens is 2. The SMILES string of the molecule is CC(=O)c1cc(Cl)cc(Cl)c1OCC(=O)Nc1cccc(S(=O)(=O)N(C)C)c1. The summed E-state index contributed by atoms with van der Waals surface area (Å²) in [7, 11) is -0.805. The third-order valence-electron chi connectivity index (χ3n) is 3.63. The predicted octanol–water partition coefficient (Wildman–Crippen LogP) is 3.46. The number of ether oxygens (including phenoxy) is 1. The van der Waals surface area contributed by atoms with E-state index in [4.69, 9.17) is 27.9 Å². The van der Waals surface area contributed by atoms with Crippen LogP contribution >= 0.6 is 23.2 Å². The van der Waals surface area contributed by atoms with Gasteiger partial charge in [0.2, 0.25) is 10.0 Å². The molecule has 0 radical (unpaired) electrons. The highest BCUT2D eigenvalue weighted by molar-refractivity contribution is 7.89. The van der Waals surface area contributed by atoms with E-state index in [1.54, 1.807) is 6.07 Å². The third-order valence-corrected chi connectivity index (χ3v) is 5.94. The number of ketones is 1. The summed E-state index contributed by atoms with van der Waals surface area (Å²) in [5.41, 5.74) is 0.440. The quantitative estimate of drug-likeness (QED) is 0.659. The van der Waals surface area contributed by atoms with E-state index in [1.165, 1.54) is 51.4 Å². The maximum Gasteiger partial charge on any atom is 0.262 e. The largest absolute Gasteiger partial charge is 0.481 e. The van der Waals surface area contributed by atoms with Crippen molar-refractivity contribution >= 4 is 50.6 Å². The second kappa shape index (κ2) is 8.91. The number of rotatable bonds is 7. The van der Waals surface area contributed by atoms with Gasteiger partial charge in [-0.05, 0) is 37.3 Å². The third kappa shape index (κ3) is 5.23. The van der Waals surface area contributed by atoms with Crippen molar-refractivity contribution in [1.29, 1.82) is 0 Å². The number of anilines is 1. The number of hydrogen-bond donors (Lipinski definition) is 1. The van der Waals surface area contributed by atoms with Gasteiger partial charge in [0.25, 0.3) is 5.91 Å². The molecule has 0 aliphatic heterocycles. The first-order valence-electron chi connectivity index (χ1n) is 7.97. The lowest BCUT2D eigenvalue weighted by Gasteiger charge is -2.14. The molecule has 28 heavy (non-hydrogen) atoms. The molecule has 2 aromatic rings. The van der Waals surface area contributed by atoms with Gasteiger partial charge in [-0.1, -0.05) is 29.3 Å². The van der Waals surface area contributed by atoms with Gasteiger partial charge in [0.1, 0.15) is 5.75 Å². The molecule has 0 fully saturated rings. The van der Waals surface area contributed by atoms with E-state index in [0.717, 1.165) is 4.31 Å². The molecule has 2 rings (SSSR count). The van der Waals surface area contributed by atoms with Gasteiger partial charge in [-0.15, -0.1) is 0 Å². The highest BCUT2D eigenvalue weighted by Gasteiger charge is 2.18. The zero-order valence-corrected chi connectivity index (χ0v) is 17.7. The van der Waals surface area contributed by atoms with Crippen molar-refractivity contribution in [2.45, 2.75) is 11.8 Å². The lowest BCUT2D eigenvalue weighted by Crippen LogP contribution is -2.23. The van der Waals surface area contributed by atoms with Crippen LogP contribution in [0, 0.1) is 0 Å². The Balaban J connectivity index is 2.14. The molecule has 10 heteroatoms. The average Bonchev–Trinajstić information content (AvgIpc) is 2.60. The van der Waals surface area contributed by atoms with Crippen molar-refractivity contribution < 1.29 is 22.7 Å². The van der Waals surface area contributed by atoms with Crippen LogP contribution in [0.5, 0.6) is 5.75 Å². The fraction of sp³-hybridized carbons (Fsp3) is 0.222. The van der Waals surface area contributed by atoms with Crippen LogP contribution in [-0.2, 0) is 14.8 Å². The molecule has 150 valence electrons. The summed E-state index contributed by atoms with van der Waals surface area (Å²) < 4.78 is 30.8. The number of benzene rings is 2. The van der Waals surface area contributed by atoms with Crippen molar-refractivity contribution in [3.63, 3.8) is 0 Å². The molecule has 0 aromatic heterocycles. The minimum atomic E-state index is -3.63. The molecule has 0 spiro atoms. The fourth-order valence-corrected chi connectivity index (χ4v) is 3.74. The van der Waals surface area contributed by atoms with Crippen molar-refractivity contribution in [1.82, 2.24) is 4.31 Å². The standard InChI is InChI=1S/C18H18Cl2N2O5S/c1-11(23)15-7-12(19)8-16(20)18(15)27-10-17(24)21-13-5-4-6-14(9-13)28(25,26)22(2)3/h4-9H,10H2,1-3H3,(H,21,24). The van der Waals surface area contributed by atoms with Crippen LogP contribution in [0.1, 0.15) is 17.3 Å². The number of nitrogens with zero attached hydrogens (tertiary/aromatic N) is 1. The molecule has 0 aliphatic rings. The molecule has 0 atom stereocenters. The van der Waals surface area contributed by atoms with Gasteiger partial charge >= 0.3 is 0 Å². The Bertz CT molecular complexity index is 1020. The summed E-state index contributed by atoms with van der Waals surface area (Å²) in [6.07, 6.45) is 0. The number of Topliss-reactive ketones (excluding diaryl/α,β-unsaturated/α-hetero) is 1. The molecule has 0 unspecified atom stereocenters. The molecular formula is C18H18Cl2N2O5S. The van der Waals surface area contributed by atoms with Crippen molar-refractivity contribution in [3.05, 3.63) is 52.0 Å². The van der Waals surface area contributed by atoms with Crippen LogP contribution in [0.4, 0.5) is 5.69 Å². The molecule has 0 heterocycles. The van der Waals surface area contributed by atoms with Crippen LogP contribution in [0.15, 0.2) is 41.3 Å². The molecule has 1 N–H and O–H groups in total. The number of nitrogens with one attached hydrogen (secondary N) is 1. The average molecular weight is 445 g/mol. The maximum absolute atomic E-state index is 12.2. The van der Waals surface area contributed by atoms with E-state index in [9.17, 15) is 18.0 Å². The molecule has 1 amide bonds. The maximum atomic E-state index is 12.2. The van der Waals surface area contributed by atoms with Crippen molar-refractivity contribution in [2.24, 2.45) is 0 Å². The monoisotopic (exact) mass is 444 g/mol. The van der Waals surface area contributed by atoms with Gasteiger partial charge in [-0.2, -0.15) is 0 Å². The summed E-state index contributed by atoms with van der Waals surface area (Å²) in [6, 6.07) is 8.62. The Morgan fingerprint density at radius 3 is 2.43 bits per heavy atom. The van der Waals surface area contributed by atoms with Crippen LogP contribution in [0.3, 0.4) is 0 Å². The zero-order chi connectivity index (χ0) is 21.1. The van der Waals surface area contributed by atoms with Gasteiger partial charge < -0.3 is 10.1 Å². The molecular weight excluding hydrogens is 427 g/mol. The second-order valence-corrected chi connectivity index (χ2v) is 8.97. The van der Waals surface area contributed by atoms with Crippen molar-refractivity contribution in [3.8, 4) is 5.75 Å². The molecule has 7 nitrogen and oxygen atoms in total. The van der Waals surface area contributed by atoms with E-state index < -0.39 is 22.5 Å². The lowest BCUT2D eigenvalue weighted by atomic mass is 10.1. The Morgan fingerprint density at radius 2 is 1.82 bits per heavy atom. The highest BCUT2D eigenvalue weighted by Crippen LogP contribution is 2.32. The number of sulfonamides is 1. The smallest absolute Gasteiger partial charge is 0.262 e. The van der Waals surface area contributed by atoms with E-state index >= 15 is 0 Å². The first-order valence-corrected chi connectivity index (χ1v) is 10.2. The van der Waals surface area contributed by atoms with E-state index in [-0.39, 0.29) is 37.7 Å². The summed E-state index contributed by atoms with van der Waals surface area (Å²) >= 11 is 11.9. The minimum Gasteiger partial charge on any atom is -0.481 e. The predicted molar refractivity (Wildman–Crippen MR) is 108 cm³/mol. The van der Waals surface area contributed by atoms with E-state index in [2.05, 4.69) is 5.32 Å². The van der Waals surface area contributed by atoms with E-state index in [1.807, 2.05) is 0 Å². The number of carbonyl (C=O) groups excluding carboxylic acids is 2. The molecule has 0 aliphatic carbocycles. The normalized spacial score (nSPS) is 11.4. The summed E-state index contributed by atoms with van der Waals surface area (Å²) in [5.74, 6) is -0.820. The fourth-order valence-electron chi connectivity index (χ4n) is 2.25. The first kappa shape index (κ1) is 22.2. The Kier molecular flexibility index (Phi) is 7.06. The van der Waals surface area contributed by atoms with Crippen LogP contribution in [0.25, 0.3) is 0 Å². The molecule has 0 saturated carbocycles. The summed E-state index contributed by atoms with van der Waals surface area (Å²) in [4.78, 5) is 24.0. The topological polar surface area (TPSA) is 92.8 Å². The summed E-state index contributed by atoms with van der Waals surface area (Å²) in [5, 5.41) is 2.91. The highest BCUT2D eigenvalue weighted by atomic mass is 35.5. The molecule has 0 saturated heterocycles. The summed E-state index contributed by atoms with van der Waals surface area (Å²) in [6.45, 7) is 0.887. The van der Waals surface area contributed by atoms with Crippen molar-refractivity contribution in [2.75, 3.05) is 26.0 Å².